The number of aromatic nitrogens is 3. The molecule has 0 saturated heterocycles. The molecule has 2 unspecified atom stereocenters. The molecule has 0 bridgehead atoms. The maximum atomic E-state index is 12.9. The van der Waals surface area contributed by atoms with E-state index in [-0.39, 0.29) is 17.6 Å². The van der Waals surface area contributed by atoms with Gasteiger partial charge in [-0.05, 0) is 48.2 Å². The molecule has 0 aliphatic heterocycles. The Hall–Kier alpha value is -4.66. The molecular weight excluding hydrogens is 458 g/mol. The van der Waals surface area contributed by atoms with Crippen molar-refractivity contribution in [3.63, 3.8) is 0 Å². The number of anilines is 2. The van der Waals surface area contributed by atoms with Gasteiger partial charge in [0.25, 0.3) is 5.91 Å². The van der Waals surface area contributed by atoms with Crippen molar-refractivity contribution in [2.75, 3.05) is 18.2 Å². The summed E-state index contributed by atoms with van der Waals surface area (Å²) in [5.41, 5.74) is 8.84. The van der Waals surface area contributed by atoms with Gasteiger partial charge < -0.3 is 20.2 Å². The van der Waals surface area contributed by atoms with E-state index in [9.17, 15) is 9.59 Å². The first kappa shape index (κ1) is 23.1. The molecule has 1 amide bonds. The number of amides is 1. The molecule has 3 N–H and O–H groups in total. The predicted molar refractivity (Wildman–Crippen MR) is 135 cm³/mol. The fraction of sp³-hybridized carbons (Fsp3) is 0.185. The van der Waals surface area contributed by atoms with Crippen LogP contribution in [0.2, 0.25) is 0 Å². The van der Waals surface area contributed by atoms with Gasteiger partial charge in [0.05, 0.1) is 24.7 Å². The van der Waals surface area contributed by atoms with Gasteiger partial charge in [-0.2, -0.15) is 0 Å². The SMILES string of the molecule is COC(=O)C(c1ccc(C(=O)Nc2nn(-c3ccccc3)cc2N)cc1)c1nc2c(o1)=CC(C)CC=2. The van der Waals surface area contributed by atoms with Crippen LogP contribution in [0.25, 0.3) is 17.8 Å². The number of carbonyl (C=O) groups excluding carboxylic acids is 2. The van der Waals surface area contributed by atoms with Crippen molar-refractivity contribution in [2.45, 2.75) is 19.3 Å². The van der Waals surface area contributed by atoms with E-state index in [4.69, 9.17) is 14.9 Å². The van der Waals surface area contributed by atoms with E-state index in [2.05, 4.69) is 22.3 Å². The van der Waals surface area contributed by atoms with Gasteiger partial charge in [0.1, 0.15) is 5.35 Å². The highest BCUT2D eigenvalue weighted by molar-refractivity contribution is 6.05. The molecule has 2 aromatic carbocycles. The fourth-order valence-corrected chi connectivity index (χ4v) is 4.08. The predicted octanol–water partition coefficient (Wildman–Crippen LogP) is 2.60. The van der Waals surface area contributed by atoms with E-state index >= 15 is 0 Å². The van der Waals surface area contributed by atoms with Crippen LogP contribution in [0, 0.1) is 5.92 Å². The maximum Gasteiger partial charge on any atom is 0.322 e. The Balaban J connectivity index is 1.38. The number of fused-ring (bicyclic) bond motifs is 1. The molecule has 2 atom stereocenters. The number of nitrogen functional groups attached to an aromatic ring is 1. The number of nitrogens with zero attached hydrogens (tertiary/aromatic N) is 3. The second-order valence-electron chi connectivity index (χ2n) is 8.63. The molecule has 5 rings (SSSR count). The highest BCUT2D eigenvalue weighted by atomic mass is 16.5. The van der Waals surface area contributed by atoms with Gasteiger partial charge in [0, 0.05) is 5.56 Å². The Morgan fingerprint density at radius 2 is 1.92 bits per heavy atom. The summed E-state index contributed by atoms with van der Waals surface area (Å²) in [6, 6.07) is 16.1. The highest BCUT2D eigenvalue weighted by Crippen LogP contribution is 2.25. The van der Waals surface area contributed by atoms with Crippen molar-refractivity contribution in [3.05, 3.63) is 88.6 Å². The number of nitrogens with two attached hydrogens (primary N) is 1. The second kappa shape index (κ2) is 9.53. The molecule has 4 aromatic rings. The van der Waals surface area contributed by atoms with E-state index in [0.717, 1.165) is 17.5 Å². The Morgan fingerprint density at radius 3 is 2.64 bits per heavy atom. The zero-order chi connectivity index (χ0) is 25.2. The number of para-hydroxylation sites is 1. The fourth-order valence-electron chi connectivity index (χ4n) is 4.08. The van der Waals surface area contributed by atoms with Gasteiger partial charge in [-0.25, -0.2) is 9.67 Å². The Labute approximate surface area is 206 Å². The van der Waals surface area contributed by atoms with Crippen molar-refractivity contribution in [1.82, 2.24) is 14.8 Å². The molecule has 2 heterocycles. The minimum Gasteiger partial charge on any atom is -0.468 e. The van der Waals surface area contributed by atoms with Crippen molar-refractivity contribution in [2.24, 2.45) is 5.92 Å². The van der Waals surface area contributed by atoms with Crippen LogP contribution in [-0.2, 0) is 9.53 Å². The number of ether oxygens (including phenoxy) is 1. The first-order chi connectivity index (χ1) is 17.4. The van der Waals surface area contributed by atoms with Crippen LogP contribution in [0.4, 0.5) is 11.5 Å². The Morgan fingerprint density at radius 1 is 1.17 bits per heavy atom. The van der Waals surface area contributed by atoms with Crippen LogP contribution in [0.3, 0.4) is 0 Å². The topological polar surface area (TPSA) is 125 Å². The summed E-state index contributed by atoms with van der Waals surface area (Å²) in [6.07, 6.45) is 6.50. The second-order valence-corrected chi connectivity index (χ2v) is 8.63. The van der Waals surface area contributed by atoms with Gasteiger partial charge in [-0.15, -0.1) is 5.10 Å². The zero-order valence-corrected chi connectivity index (χ0v) is 19.8. The molecule has 1 aliphatic carbocycles. The Kier molecular flexibility index (Phi) is 6.12. The number of esters is 1. The van der Waals surface area contributed by atoms with Gasteiger partial charge in [0.15, 0.2) is 17.2 Å². The smallest absolute Gasteiger partial charge is 0.322 e. The van der Waals surface area contributed by atoms with E-state index in [1.165, 1.54) is 7.11 Å². The third-order valence-corrected chi connectivity index (χ3v) is 6.00. The third-order valence-electron chi connectivity index (χ3n) is 6.00. The van der Waals surface area contributed by atoms with Gasteiger partial charge in [-0.3, -0.25) is 9.59 Å². The average molecular weight is 484 g/mol. The molecule has 0 spiro atoms. The maximum absolute atomic E-state index is 12.9. The lowest BCUT2D eigenvalue weighted by molar-refractivity contribution is -0.141. The molecule has 1 aliphatic rings. The number of methoxy groups -OCH3 is 1. The third kappa shape index (κ3) is 4.50. The van der Waals surface area contributed by atoms with Crippen LogP contribution in [0.1, 0.15) is 41.1 Å². The molecule has 9 heteroatoms. The van der Waals surface area contributed by atoms with Crippen molar-refractivity contribution in [1.29, 1.82) is 0 Å². The number of nitrogens with one attached hydrogen (secondary N) is 1. The first-order valence-electron chi connectivity index (χ1n) is 11.5. The summed E-state index contributed by atoms with van der Waals surface area (Å²) >= 11 is 0. The number of oxazole rings is 1. The van der Waals surface area contributed by atoms with E-state index in [1.807, 2.05) is 42.5 Å². The number of rotatable bonds is 6. The lowest BCUT2D eigenvalue weighted by atomic mass is 9.97. The van der Waals surface area contributed by atoms with Crippen LogP contribution < -0.4 is 21.8 Å². The van der Waals surface area contributed by atoms with Crippen molar-refractivity contribution in [3.8, 4) is 5.69 Å². The van der Waals surface area contributed by atoms with Crippen molar-refractivity contribution >= 4 is 35.5 Å². The molecule has 0 radical (unpaired) electrons. The van der Waals surface area contributed by atoms with Crippen LogP contribution in [0.5, 0.6) is 0 Å². The summed E-state index contributed by atoms with van der Waals surface area (Å²) < 4.78 is 12.5. The number of hydrogen-bond donors (Lipinski definition) is 2. The van der Waals surface area contributed by atoms with Crippen LogP contribution in [-0.4, -0.2) is 33.8 Å². The highest BCUT2D eigenvalue weighted by Gasteiger charge is 2.29. The van der Waals surface area contributed by atoms with E-state index in [1.54, 1.807) is 35.1 Å². The summed E-state index contributed by atoms with van der Waals surface area (Å²) in [6.45, 7) is 2.09. The lowest BCUT2D eigenvalue weighted by Crippen LogP contribution is -2.26. The minimum absolute atomic E-state index is 0.255. The average Bonchev–Trinajstić information content (AvgIpc) is 3.47. The molecule has 9 nitrogen and oxygen atoms in total. The lowest BCUT2D eigenvalue weighted by Gasteiger charge is -2.12. The normalized spacial score (nSPS) is 15.2. The summed E-state index contributed by atoms with van der Waals surface area (Å²) in [4.78, 5) is 30.1. The van der Waals surface area contributed by atoms with E-state index in [0.29, 0.717) is 28.1 Å². The number of carbonyl (C=O) groups is 2. The largest absolute Gasteiger partial charge is 0.468 e. The number of hydrogen-bond acceptors (Lipinski definition) is 7. The Bertz CT molecular complexity index is 1540. The monoisotopic (exact) mass is 483 g/mol. The standard InChI is InChI=1S/C27H25N5O4/c1-16-8-13-21-22(14-16)36-26(29-21)23(27(34)35-2)17-9-11-18(12-10-17)25(33)30-24-20(28)15-32(31-24)19-6-4-3-5-7-19/h3-7,9-16,23H,8,28H2,1-2H3,(H,30,31,33). The summed E-state index contributed by atoms with van der Waals surface area (Å²) in [5.74, 6) is -0.894. The first-order valence-corrected chi connectivity index (χ1v) is 11.5. The molecule has 182 valence electrons. The number of benzene rings is 2. The minimum atomic E-state index is -0.855. The van der Waals surface area contributed by atoms with E-state index < -0.39 is 11.9 Å². The van der Waals surface area contributed by atoms with Crippen molar-refractivity contribution < 1.29 is 18.7 Å². The zero-order valence-electron chi connectivity index (χ0n) is 19.8. The molecule has 36 heavy (non-hydrogen) atoms. The molecule has 2 aromatic heterocycles. The molecule has 0 saturated carbocycles. The van der Waals surface area contributed by atoms with Gasteiger partial charge in [0.2, 0.25) is 5.89 Å². The van der Waals surface area contributed by atoms with Gasteiger partial charge in [-0.1, -0.05) is 43.3 Å². The molecule has 0 fully saturated rings. The van der Waals surface area contributed by atoms with Gasteiger partial charge >= 0.3 is 5.97 Å². The van der Waals surface area contributed by atoms with Crippen LogP contribution in [0.15, 0.2) is 65.2 Å². The summed E-state index contributed by atoms with van der Waals surface area (Å²) in [5, 5.41) is 7.84. The van der Waals surface area contributed by atoms with Crippen LogP contribution >= 0.6 is 0 Å². The molecular formula is C27H25N5O4. The summed E-state index contributed by atoms with van der Waals surface area (Å²) in [7, 11) is 1.32. The quantitative estimate of drug-likeness (QED) is 0.404.